The second-order valence-corrected chi connectivity index (χ2v) is 9.94. The predicted octanol–water partition coefficient (Wildman–Crippen LogP) is 4.30. The summed E-state index contributed by atoms with van der Waals surface area (Å²) < 4.78 is 26.6. The van der Waals surface area contributed by atoms with Crippen LogP contribution in [-0.4, -0.2) is 37.6 Å². The predicted molar refractivity (Wildman–Crippen MR) is 106 cm³/mol. The molecule has 5 heteroatoms. The number of hydrogen-bond donors (Lipinski definition) is 0. The van der Waals surface area contributed by atoms with Crippen LogP contribution in [0.4, 0.5) is 0 Å². The van der Waals surface area contributed by atoms with E-state index in [0.29, 0.717) is 30.2 Å². The summed E-state index contributed by atoms with van der Waals surface area (Å²) in [6, 6.07) is 8.75. The second kappa shape index (κ2) is 9.65. The third-order valence-electron chi connectivity index (χ3n) is 5.23. The van der Waals surface area contributed by atoms with Gasteiger partial charge >= 0.3 is 0 Å². The summed E-state index contributed by atoms with van der Waals surface area (Å²) in [6.07, 6.45) is 4.71. The molecular weight excluding hydrogens is 346 g/mol. The van der Waals surface area contributed by atoms with Gasteiger partial charge in [-0.05, 0) is 56.7 Å². The minimum atomic E-state index is -3.44. The van der Waals surface area contributed by atoms with Crippen LogP contribution >= 0.6 is 0 Å². The van der Waals surface area contributed by atoms with Crippen LogP contribution in [0, 0.1) is 11.8 Å². The average Bonchev–Trinajstić information content (AvgIpc) is 2.62. The molecule has 2 rings (SSSR count). The third-order valence-corrected chi connectivity index (χ3v) is 7.41. The van der Waals surface area contributed by atoms with Crippen molar-refractivity contribution in [1.82, 2.24) is 4.90 Å². The van der Waals surface area contributed by atoms with Crippen LogP contribution in [0.2, 0.25) is 0 Å². The van der Waals surface area contributed by atoms with Crippen LogP contribution in [-0.2, 0) is 14.6 Å². The zero-order valence-corrected chi connectivity index (χ0v) is 17.2. The van der Waals surface area contributed by atoms with E-state index < -0.39 is 15.2 Å². The van der Waals surface area contributed by atoms with E-state index >= 15 is 0 Å². The monoisotopic (exact) mass is 379 g/mol. The number of carbonyl (C=O) groups is 1. The maximum Gasteiger partial charge on any atom is 0.194 e. The summed E-state index contributed by atoms with van der Waals surface area (Å²) in [6.45, 7) is 7.59. The zero-order valence-electron chi connectivity index (χ0n) is 16.4. The van der Waals surface area contributed by atoms with E-state index in [0.717, 1.165) is 32.2 Å². The minimum Gasteiger partial charge on any atom is -0.299 e. The molecule has 0 amide bonds. The van der Waals surface area contributed by atoms with Gasteiger partial charge in [0, 0.05) is 18.9 Å². The molecule has 4 nitrogen and oxygen atoms in total. The van der Waals surface area contributed by atoms with Crippen molar-refractivity contribution in [2.75, 3.05) is 13.1 Å². The van der Waals surface area contributed by atoms with E-state index in [1.54, 1.807) is 24.3 Å². The number of hydrogen-bond acceptors (Lipinski definition) is 4. The van der Waals surface area contributed by atoms with Crippen LogP contribution < -0.4 is 0 Å². The van der Waals surface area contributed by atoms with Crippen molar-refractivity contribution in [2.24, 2.45) is 11.8 Å². The molecule has 0 bridgehead atoms. The van der Waals surface area contributed by atoms with Crippen molar-refractivity contribution in [3.8, 4) is 0 Å². The van der Waals surface area contributed by atoms with Gasteiger partial charge in [-0.25, -0.2) is 8.42 Å². The SMILES string of the molecule is CCCC(=O)C1CCCN(C(CCC(C)C)S(=O)(=O)c2ccccc2)C1. The van der Waals surface area contributed by atoms with Gasteiger partial charge in [-0.1, -0.05) is 39.0 Å². The molecule has 0 aromatic heterocycles. The lowest BCUT2D eigenvalue weighted by Gasteiger charge is -2.37. The summed E-state index contributed by atoms with van der Waals surface area (Å²) in [5, 5.41) is -0.537. The van der Waals surface area contributed by atoms with E-state index in [9.17, 15) is 13.2 Å². The Labute approximate surface area is 158 Å². The molecule has 1 aromatic rings. The number of carbonyl (C=O) groups excluding carboxylic acids is 1. The van der Waals surface area contributed by atoms with Crippen LogP contribution in [0.5, 0.6) is 0 Å². The summed E-state index contributed by atoms with van der Waals surface area (Å²) in [5.74, 6) is 0.721. The lowest BCUT2D eigenvalue weighted by Crippen LogP contribution is -2.48. The van der Waals surface area contributed by atoms with Crippen molar-refractivity contribution >= 4 is 15.6 Å². The molecular formula is C21H33NO3S. The van der Waals surface area contributed by atoms with E-state index in [-0.39, 0.29) is 11.7 Å². The molecule has 2 atom stereocenters. The number of nitrogens with zero attached hydrogens (tertiary/aromatic N) is 1. The topological polar surface area (TPSA) is 54.5 Å². The van der Waals surface area contributed by atoms with Gasteiger partial charge in [-0.15, -0.1) is 0 Å². The van der Waals surface area contributed by atoms with E-state index in [2.05, 4.69) is 18.7 Å². The first-order valence-electron chi connectivity index (χ1n) is 9.92. The first-order valence-corrected chi connectivity index (χ1v) is 11.5. The van der Waals surface area contributed by atoms with Gasteiger partial charge < -0.3 is 0 Å². The Hall–Kier alpha value is -1.20. The van der Waals surface area contributed by atoms with Crippen molar-refractivity contribution < 1.29 is 13.2 Å². The number of benzene rings is 1. The zero-order chi connectivity index (χ0) is 19.2. The first kappa shape index (κ1) is 21.1. The molecule has 1 aliphatic rings. The van der Waals surface area contributed by atoms with Crippen LogP contribution in [0.25, 0.3) is 0 Å². The molecule has 26 heavy (non-hydrogen) atoms. The van der Waals surface area contributed by atoms with Gasteiger partial charge in [0.25, 0.3) is 0 Å². The molecule has 0 N–H and O–H groups in total. The Kier molecular flexibility index (Phi) is 7.84. The highest BCUT2D eigenvalue weighted by atomic mass is 32.2. The Balaban J connectivity index is 2.25. The molecule has 0 radical (unpaired) electrons. The van der Waals surface area contributed by atoms with Crippen LogP contribution in [0.1, 0.15) is 59.3 Å². The molecule has 1 saturated heterocycles. The molecule has 1 heterocycles. The number of ketones is 1. The number of likely N-dealkylation sites (tertiary alicyclic amines) is 1. The third kappa shape index (κ3) is 5.40. The summed E-state index contributed by atoms with van der Waals surface area (Å²) in [4.78, 5) is 14.8. The fraction of sp³-hybridized carbons (Fsp3) is 0.667. The number of sulfone groups is 1. The fourth-order valence-electron chi connectivity index (χ4n) is 3.76. The van der Waals surface area contributed by atoms with Crippen molar-refractivity contribution in [3.63, 3.8) is 0 Å². The molecule has 2 unspecified atom stereocenters. The Bertz CT molecular complexity index is 670. The Morgan fingerprint density at radius 3 is 2.50 bits per heavy atom. The van der Waals surface area contributed by atoms with E-state index in [1.807, 2.05) is 13.0 Å². The van der Waals surface area contributed by atoms with Gasteiger partial charge in [-0.2, -0.15) is 0 Å². The van der Waals surface area contributed by atoms with Gasteiger partial charge in [0.1, 0.15) is 11.2 Å². The minimum absolute atomic E-state index is 0.0174. The molecule has 1 aromatic carbocycles. The first-order chi connectivity index (χ1) is 12.4. The second-order valence-electron chi connectivity index (χ2n) is 7.83. The standard InChI is InChI=1S/C21H33NO3S/c1-4-9-20(23)18-10-8-15-22(16-18)21(14-13-17(2)3)26(24,25)19-11-6-5-7-12-19/h5-7,11-12,17-18,21H,4,8-10,13-16H2,1-3H3. The lowest BCUT2D eigenvalue weighted by molar-refractivity contribution is -0.124. The Morgan fingerprint density at radius 1 is 1.19 bits per heavy atom. The number of piperidine rings is 1. The lowest BCUT2D eigenvalue weighted by atomic mass is 9.91. The molecule has 1 aliphatic heterocycles. The summed E-state index contributed by atoms with van der Waals surface area (Å²) in [7, 11) is -3.44. The van der Waals surface area contributed by atoms with Crippen molar-refractivity contribution in [3.05, 3.63) is 30.3 Å². The summed E-state index contributed by atoms with van der Waals surface area (Å²) in [5.41, 5.74) is 0. The van der Waals surface area contributed by atoms with Gasteiger partial charge in [0.2, 0.25) is 0 Å². The normalized spacial score (nSPS) is 20.2. The highest BCUT2D eigenvalue weighted by Gasteiger charge is 2.36. The van der Waals surface area contributed by atoms with Crippen molar-refractivity contribution in [2.45, 2.75) is 69.6 Å². The van der Waals surface area contributed by atoms with Crippen molar-refractivity contribution in [1.29, 1.82) is 0 Å². The molecule has 0 saturated carbocycles. The van der Waals surface area contributed by atoms with Gasteiger partial charge in [0.15, 0.2) is 9.84 Å². The molecule has 0 spiro atoms. The maximum absolute atomic E-state index is 13.3. The highest BCUT2D eigenvalue weighted by molar-refractivity contribution is 7.92. The number of rotatable bonds is 9. The van der Waals surface area contributed by atoms with E-state index in [1.165, 1.54) is 0 Å². The molecule has 0 aliphatic carbocycles. The summed E-state index contributed by atoms with van der Waals surface area (Å²) >= 11 is 0. The van der Waals surface area contributed by atoms with Gasteiger partial charge in [-0.3, -0.25) is 9.69 Å². The quantitative estimate of drug-likeness (QED) is 0.642. The number of Topliss-reactive ketones (excluding diaryl/α,β-unsaturated/α-hetero) is 1. The largest absolute Gasteiger partial charge is 0.299 e. The maximum atomic E-state index is 13.3. The fourth-order valence-corrected chi connectivity index (χ4v) is 5.64. The molecule has 1 fully saturated rings. The van der Waals surface area contributed by atoms with E-state index in [4.69, 9.17) is 0 Å². The smallest absolute Gasteiger partial charge is 0.194 e. The highest BCUT2D eigenvalue weighted by Crippen LogP contribution is 2.29. The Morgan fingerprint density at radius 2 is 1.88 bits per heavy atom. The molecule has 146 valence electrons. The average molecular weight is 380 g/mol. The van der Waals surface area contributed by atoms with Crippen LogP contribution in [0.3, 0.4) is 0 Å². The van der Waals surface area contributed by atoms with Gasteiger partial charge in [0.05, 0.1) is 4.90 Å². The van der Waals surface area contributed by atoms with Crippen LogP contribution in [0.15, 0.2) is 35.2 Å².